The maximum absolute atomic E-state index is 13.3. The number of benzene rings is 1. The van der Waals surface area contributed by atoms with Gasteiger partial charge in [0, 0.05) is 5.02 Å². The number of aryl methyl sites for hydroxylation is 1. The first-order chi connectivity index (χ1) is 6.58. The molecule has 2 aromatic rings. The second-order valence-corrected chi connectivity index (χ2v) is 3.31. The van der Waals surface area contributed by atoms with Gasteiger partial charge in [-0.25, -0.2) is 9.37 Å². The number of aromatic hydroxyl groups is 1. The Labute approximate surface area is 84.2 Å². The third kappa shape index (κ3) is 1.37. The first-order valence-corrected chi connectivity index (χ1v) is 4.28. The highest BCUT2D eigenvalue weighted by molar-refractivity contribution is 6.31. The van der Waals surface area contributed by atoms with E-state index < -0.39 is 5.82 Å². The molecule has 0 bridgehead atoms. The van der Waals surface area contributed by atoms with E-state index >= 15 is 0 Å². The lowest BCUT2D eigenvalue weighted by Gasteiger charge is -2.02. The van der Waals surface area contributed by atoms with Gasteiger partial charge in [-0.15, -0.1) is 0 Å². The number of fused-ring (bicyclic) bond motifs is 1. The van der Waals surface area contributed by atoms with Crippen molar-refractivity contribution < 1.29 is 9.50 Å². The molecular weight excluding hydrogens is 207 g/mol. The zero-order valence-corrected chi connectivity index (χ0v) is 8.01. The van der Waals surface area contributed by atoms with Gasteiger partial charge in [-0.3, -0.25) is 0 Å². The first-order valence-electron chi connectivity index (χ1n) is 3.90. The van der Waals surface area contributed by atoms with E-state index in [2.05, 4.69) is 9.97 Å². The number of hydrogen-bond donors (Lipinski definition) is 1. The Morgan fingerprint density at radius 1 is 1.36 bits per heavy atom. The monoisotopic (exact) mass is 212 g/mol. The third-order valence-corrected chi connectivity index (χ3v) is 2.03. The molecule has 72 valence electrons. The van der Waals surface area contributed by atoms with Gasteiger partial charge in [0.15, 0.2) is 5.82 Å². The Kier molecular flexibility index (Phi) is 2.00. The minimum Gasteiger partial charge on any atom is -0.493 e. The van der Waals surface area contributed by atoms with Gasteiger partial charge in [-0.1, -0.05) is 11.6 Å². The maximum Gasteiger partial charge on any atom is 0.222 e. The van der Waals surface area contributed by atoms with Crippen LogP contribution in [0.1, 0.15) is 5.82 Å². The quantitative estimate of drug-likeness (QED) is 0.730. The van der Waals surface area contributed by atoms with E-state index in [4.69, 9.17) is 11.6 Å². The van der Waals surface area contributed by atoms with Gasteiger partial charge in [0.1, 0.15) is 11.3 Å². The minimum absolute atomic E-state index is 0.0828. The predicted octanol–water partition coefficient (Wildman–Crippen LogP) is 2.44. The summed E-state index contributed by atoms with van der Waals surface area (Å²) in [5.41, 5.74) is 0.0828. The molecule has 0 aliphatic rings. The molecule has 0 unspecified atom stereocenters. The van der Waals surface area contributed by atoms with Crippen LogP contribution in [0.15, 0.2) is 12.1 Å². The molecule has 0 saturated carbocycles. The van der Waals surface area contributed by atoms with Gasteiger partial charge in [0.2, 0.25) is 5.88 Å². The summed E-state index contributed by atoms with van der Waals surface area (Å²) in [6.45, 7) is 1.58. The summed E-state index contributed by atoms with van der Waals surface area (Å²) < 4.78 is 13.3. The lowest BCUT2D eigenvalue weighted by Crippen LogP contribution is -1.92. The molecule has 0 saturated heterocycles. The molecule has 1 aromatic heterocycles. The van der Waals surface area contributed by atoms with Gasteiger partial charge in [0.05, 0.1) is 5.39 Å². The number of rotatable bonds is 0. The SMILES string of the molecule is Cc1nc(O)c2cc(Cl)cc(F)c2n1. The highest BCUT2D eigenvalue weighted by Gasteiger charge is 2.09. The Balaban J connectivity index is 2.94. The molecule has 0 radical (unpaired) electrons. The highest BCUT2D eigenvalue weighted by Crippen LogP contribution is 2.26. The van der Waals surface area contributed by atoms with Crippen LogP contribution >= 0.6 is 11.6 Å². The average molecular weight is 213 g/mol. The smallest absolute Gasteiger partial charge is 0.222 e. The molecule has 1 aromatic carbocycles. The fourth-order valence-corrected chi connectivity index (χ4v) is 1.46. The van der Waals surface area contributed by atoms with Gasteiger partial charge < -0.3 is 5.11 Å². The van der Waals surface area contributed by atoms with Gasteiger partial charge in [0.25, 0.3) is 0 Å². The molecule has 0 amide bonds. The van der Waals surface area contributed by atoms with Crippen LogP contribution in [0.2, 0.25) is 5.02 Å². The van der Waals surface area contributed by atoms with Crippen molar-refractivity contribution in [3.8, 4) is 5.88 Å². The Hall–Kier alpha value is -1.42. The second kappa shape index (κ2) is 3.06. The van der Waals surface area contributed by atoms with E-state index in [0.29, 0.717) is 5.82 Å². The van der Waals surface area contributed by atoms with Crippen molar-refractivity contribution in [3.63, 3.8) is 0 Å². The maximum atomic E-state index is 13.3. The molecule has 0 fully saturated rings. The predicted molar refractivity (Wildman–Crippen MR) is 50.9 cm³/mol. The Morgan fingerprint density at radius 2 is 2.07 bits per heavy atom. The number of aromatic nitrogens is 2. The molecule has 0 aliphatic heterocycles. The van der Waals surface area contributed by atoms with Gasteiger partial charge in [-0.2, -0.15) is 4.98 Å². The summed E-state index contributed by atoms with van der Waals surface area (Å²) >= 11 is 5.63. The molecule has 0 aliphatic carbocycles. The molecule has 3 nitrogen and oxygen atoms in total. The summed E-state index contributed by atoms with van der Waals surface area (Å²) in [6, 6.07) is 2.57. The Morgan fingerprint density at radius 3 is 2.79 bits per heavy atom. The number of hydrogen-bond acceptors (Lipinski definition) is 3. The van der Waals surface area contributed by atoms with E-state index in [1.807, 2.05) is 0 Å². The minimum atomic E-state index is -0.562. The summed E-state index contributed by atoms with van der Waals surface area (Å²) in [5.74, 6) is -0.501. The van der Waals surface area contributed by atoms with Gasteiger partial charge >= 0.3 is 0 Å². The van der Waals surface area contributed by atoms with Crippen molar-refractivity contribution >= 4 is 22.5 Å². The molecule has 2 rings (SSSR count). The van der Waals surface area contributed by atoms with Crippen LogP contribution in [0, 0.1) is 12.7 Å². The van der Waals surface area contributed by atoms with Crippen molar-refractivity contribution in [3.05, 3.63) is 28.8 Å². The third-order valence-electron chi connectivity index (χ3n) is 1.81. The summed E-state index contributed by atoms with van der Waals surface area (Å²) in [7, 11) is 0. The second-order valence-electron chi connectivity index (χ2n) is 2.88. The normalized spacial score (nSPS) is 10.8. The van der Waals surface area contributed by atoms with Gasteiger partial charge in [-0.05, 0) is 19.1 Å². The largest absolute Gasteiger partial charge is 0.493 e. The zero-order valence-electron chi connectivity index (χ0n) is 7.25. The van der Waals surface area contributed by atoms with E-state index in [1.54, 1.807) is 6.92 Å². The molecule has 0 atom stereocenters. The van der Waals surface area contributed by atoms with Crippen LogP contribution in [-0.2, 0) is 0 Å². The lowest BCUT2D eigenvalue weighted by atomic mass is 10.2. The van der Waals surface area contributed by atoms with Crippen LogP contribution in [0.5, 0.6) is 5.88 Å². The molecule has 14 heavy (non-hydrogen) atoms. The number of halogens is 2. The topological polar surface area (TPSA) is 46.0 Å². The summed E-state index contributed by atoms with van der Waals surface area (Å²) in [5, 5.41) is 9.85. The summed E-state index contributed by atoms with van der Waals surface area (Å²) in [6.07, 6.45) is 0. The molecule has 0 spiro atoms. The molecular formula is C9H6ClFN2O. The van der Waals surface area contributed by atoms with Crippen molar-refractivity contribution in [2.24, 2.45) is 0 Å². The van der Waals surface area contributed by atoms with E-state index in [-0.39, 0.29) is 21.8 Å². The van der Waals surface area contributed by atoms with E-state index in [9.17, 15) is 9.50 Å². The van der Waals surface area contributed by atoms with Crippen LogP contribution in [0.3, 0.4) is 0 Å². The standard InChI is InChI=1S/C9H6ClFN2O/c1-4-12-8-6(9(14)13-4)2-5(10)3-7(8)11/h2-3H,1H3,(H,12,13,14). The van der Waals surface area contributed by atoms with Crippen molar-refractivity contribution in [2.45, 2.75) is 6.92 Å². The lowest BCUT2D eigenvalue weighted by molar-refractivity contribution is 0.457. The van der Waals surface area contributed by atoms with Crippen molar-refractivity contribution in [1.82, 2.24) is 9.97 Å². The fraction of sp³-hybridized carbons (Fsp3) is 0.111. The molecule has 1 N–H and O–H groups in total. The van der Waals surface area contributed by atoms with Crippen LogP contribution < -0.4 is 0 Å². The van der Waals surface area contributed by atoms with E-state index in [1.165, 1.54) is 6.07 Å². The van der Waals surface area contributed by atoms with Crippen LogP contribution in [0.4, 0.5) is 4.39 Å². The van der Waals surface area contributed by atoms with Crippen molar-refractivity contribution in [2.75, 3.05) is 0 Å². The first kappa shape index (κ1) is 9.15. The molecule has 5 heteroatoms. The van der Waals surface area contributed by atoms with E-state index in [0.717, 1.165) is 6.07 Å². The van der Waals surface area contributed by atoms with Crippen molar-refractivity contribution in [1.29, 1.82) is 0 Å². The Bertz CT molecular complexity index is 468. The number of nitrogens with zero attached hydrogens (tertiary/aromatic N) is 2. The average Bonchev–Trinajstić information content (AvgIpc) is 2.07. The zero-order chi connectivity index (χ0) is 10.3. The fourth-order valence-electron chi connectivity index (χ4n) is 1.25. The van der Waals surface area contributed by atoms with Crippen LogP contribution in [0.25, 0.3) is 10.9 Å². The molecule has 1 heterocycles. The van der Waals surface area contributed by atoms with Crippen LogP contribution in [-0.4, -0.2) is 15.1 Å². The highest BCUT2D eigenvalue weighted by atomic mass is 35.5. The summed E-state index contributed by atoms with van der Waals surface area (Å²) in [4.78, 5) is 7.58.